The Morgan fingerprint density at radius 1 is 1.21 bits per heavy atom. The first-order valence-electron chi connectivity index (χ1n) is 15.8. The smallest absolute Gasteiger partial charge is 0.191 e. The summed E-state index contributed by atoms with van der Waals surface area (Å²) in [6.07, 6.45) is 8.81. The normalized spacial score (nSPS) is 32.4. The van der Waals surface area contributed by atoms with Gasteiger partial charge in [-0.25, -0.2) is 0 Å². The van der Waals surface area contributed by atoms with Crippen LogP contribution in [0.2, 0.25) is 18.1 Å². The van der Waals surface area contributed by atoms with Crippen LogP contribution in [0.4, 0.5) is 0 Å². The molecule has 0 radical (unpaired) electrons. The van der Waals surface area contributed by atoms with Crippen molar-refractivity contribution in [2.45, 2.75) is 111 Å². The van der Waals surface area contributed by atoms with E-state index in [2.05, 4.69) is 91.9 Å². The third kappa shape index (κ3) is 6.00. The lowest BCUT2D eigenvalue weighted by Gasteiger charge is -2.52. The third-order valence-electron chi connectivity index (χ3n) is 11.2. The summed E-state index contributed by atoms with van der Waals surface area (Å²) in [5, 5.41) is 7.62. The van der Waals surface area contributed by atoms with E-state index in [1.165, 1.54) is 50.7 Å². The van der Waals surface area contributed by atoms with Gasteiger partial charge in [-0.1, -0.05) is 60.5 Å². The summed E-state index contributed by atoms with van der Waals surface area (Å²) in [7, 11) is 4.28. The summed E-state index contributed by atoms with van der Waals surface area (Å²) in [5.74, 6) is 5.00. The first kappa shape index (κ1) is 30.6. The van der Waals surface area contributed by atoms with E-state index in [4.69, 9.17) is 14.3 Å². The fraction of sp³-hybridized carbons (Fsp3) is 0.794. The number of ether oxygens (including phenoxy) is 1. The van der Waals surface area contributed by atoms with E-state index < -0.39 is 8.32 Å². The maximum atomic E-state index is 6.70. The van der Waals surface area contributed by atoms with Gasteiger partial charge in [-0.2, -0.15) is 5.10 Å². The highest BCUT2D eigenvalue weighted by atomic mass is 28.4. The summed E-state index contributed by atoms with van der Waals surface area (Å²) in [6.45, 7) is 20.0. The molecule has 0 spiro atoms. The molecule has 3 aliphatic carbocycles. The van der Waals surface area contributed by atoms with Gasteiger partial charge in [0.25, 0.3) is 0 Å². The van der Waals surface area contributed by atoms with E-state index in [1.807, 2.05) is 0 Å². The van der Waals surface area contributed by atoms with Crippen molar-refractivity contribution >= 4 is 14.0 Å². The molecule has 5 heteroatoms. The molecule has 2 saturated carbocycles. The van der Waals surface area contributed by atoms with E-state index in [-0.39, 0.29) is 10.5 Å². The molecule has 0 aromatic heterocycles. The number of hydrogen-bond donors (Lipinski definition) is 0. The van der Waals surface area contributed by atoms with Crippen molar-refractivity contribution in [3.8, 4) is 5.75 Å². The highest BCUT2D eigenvalue weighted by Gasteiger charge is 2.58. The van der Waals surface area contributed by atoms with Gasteiger partial charge < -0.3 is 14.2 Å². The van der Waals surface area contributed by atoms with Crippen molar-refractivity contribution in [1.29, 1.82) is 0 Å². The highest BCUT2D eigenvalue weighted by Crippen LogP contribution is 2.63. The first-order valence-corrected chi connectivity index (χ1v) is 18.7. The predicted molar refractivity (Wildman–Crippen MR) is 168 cm³/mol. The quantitative estimate of drug-likeness (QED) is 0.226. The van der Waals surface area contributed by atoms with Crippen LogP contribution in [0, 0.1) is 35.0 Å². The van der Waals surface area contributed by atoms with Gasteiger partial charge in [0.05, 0.1) is 7.11 Å². The molecule has 4 rings (SSSR count). The Kier molecular flexibility index (Phi) is 9.04. The monoisotopic (exact) mass is 554 g/mol. The molecule has 0 amide bonds. The van der Waals surface area contributed by atoms with E-state index in [0.29, 0.717) is 23.7 Å². The molecular weight excluding hydrogens is 496 g/mol. The Hall–Kier alpha value is -1.33. The van der Waals surface area contributed by atoms with Gasteiger partial charge in [-0.05, 0) is 103 Å². The number of fused-ring (bicyclic) bond motifs is 5. The van der Waals surface area contributed by atoms with Gasteiger partial charge in [0.1, 0.15) is 5.75 Å². The fourth-order valence-corrected chi connectivity index (χ4v) is 9.38. The van der Waals surface area contributed by atoms with Gasteiger partial charge in [0.2, 0.25) is 0 Å². The minimum Gasteiger partial charge on any atom is -0.497 e. The van der Waals surface area contributed by atoms with Gasteiger partial charge in [-0.15, -0.1) is 0 Å². The van der Waals surface area contributed by atoms with Crippen LogP contribution in [0.25, 0.3) is 0 Å². The van der Waals surface area contributed by atoms with E-state index in [0.717, 1.165) is 24.2 Å². The second kappa shape index (κ2) is 11.5. The molecule has 0 aliphatic heterocycles. The molecular formula is C34H58N2O2Si. The SMILES string of the molecule is CCC[C@@H]1Cc2cc(OC)ccc2[C@H]2CC[C@]3(C)C(=NN(C)C)[C@H](CC(C)CO[Si](C)(C)C(C)(C)C)C[C@H]3[C@H]12. The molecule has 0 heterocycles. The van der Waals surface area contributed by atoms with Crippen LogP contribution in [0.3, 0.4) is 0 Å². The molecule has 0 bridgehead atoms. The Morgan fingerprint density at radius 2 is 1.92 bits per heavy atom. The second-order valence-corrected chi connectivity index (χ2v) is 20.1. The van der Waals surface area contributed by atoms with Crippen LogP contribution in [-0.2, 0) is 10.8 Å². The van der Waals surface area contributed by atoms with Crippen LogP contribution < -0.4 is 4.74 Å². The topological polar surface area (TPSA) is 34.1 Å². The molecule has 1 aromatic carbocycles. The lowest BCUT2D eigenvalue weighted by Crippen LogP contribution is -2.46. The predicted octanol–water partition coefficient (Wildman–Crippen LogP) is 8.77. The van der Waals surface area contributed by atoms with Crippen molar-refractivity contribution in [3.63, 3.8) is 0 Å². The Bertz CT molecular complexity index is 1030. The number of methoxy groups -OCH3 is 1. The molecule has 1 unspecified atom stereocenters. The fourth-order valence-electron chi connectivity index (χ4n) is 8.25. The van der Waals surface area contributed by atoms with Crippen molar-refractivity contribution < 1.29 is 9.16 Å². The summed E-state index contributed by atoms with van der Waals surface area (Å²) < 4.78 is 12.3. The van der Waals surface area contributed by atoms with Gasteiger partial charge in [0.15, 0.2) is 8.32 Å². The summed E-state index contributed by atoms with van der Waals surface area (Å²) in [5.41, 5.74) is 4.85. The zero-order chi connectivity index (χ0) is 28.8. The zero-order valence-corrected chi connectivity index (χ0v) is 28.1. The highest BCUT2D eigenvalue weighted by molar-refractivity contribution is 6.74. The zero-order valence-electron chi connectivity index (χ0n) is 27.1. The lowest BCUT2D eigenvalue weighted by molar-refractivity contribution is 0.0470. The molecule has 1 aromatic rings. The summed E-state index contributed by atoms with van der Waals surface area (Å²) in [4.78, 5) is 0. The lowest BCUT2D eigenvalue weighted by atomic mass is 9.52. The van der Waals surface area contributed by atoms with Gasteiger partial charge in [-0.3, -0.25) is 0 Å². The maximum Gasteiger partial charge on any atom is 0.191 e. The van der Waals surface area contributed by atoms with Crippen molar-refractivity contribution in [1.82, 2.24) is 5.01 Å². The second-order valence-electron chi connectivity index (χ2n) is 15.2. The Morgan fingerprint density at radius 3 is 2.54 bits per heavy atom. The largest absolute Gasteiger partial charge is 0.497 e. The van der Waals surface area contributed by atoms with Crippen molar-refractivity contribution in [2.75, 3.05) is 27.8 Å². The van der Waals surface area contributed by atoms with E-state index in [9.17, 15) is 0 Å². The Balaban J connectivity index is 1.62. The third-order valence-corrected chi connectivity index (χ3v) is 15.7. The molecule has 0 saturated heterocycles. The number of hydrogen-bond acceptors (Lipinski definition) is 4. The van der Waals surface area contributed by atoms with Crippen molar-refractivity contribution in [3.05, 3.63) is 29.3 Å². The van der Waals surface area contributed by atoms with Crippen molar-refractivity contribution in [2.24, 2.45) is 40.1 Å². The number of nitrogens with zero attached hydrogens (tertiary/aromatic N) is 2. The molecule has 220 valence electrons. The summed E-state index contributed by atoms with van der Waals surface area (Å²) >= 11 is 0. The van der Waals surface area contributed by atoms with E-state index in [1.54, 1.807) is 18.2 Å². The van der Waals surface area contributed by atoms with E-state index >= 15 is 0 Å². The van der Waals surface area contributed by atoms with Crippen LogP contribution in [0.1, 0.15) is 97.1 Å². The average molecular weight is 555 g/mol. The number of hydrazone groups is 1. The molecule has 4 nitrogen and oxygen atoms in total. The first-order chi connectivity index (χ1) is 18.2. The van der Waals surface area contributed by atoms with Gasteiger partial charge >= 0.3 is 0 Å². The van der Waals surface area contributed by atoms with Crippen LogP contribution in [-0.4, -0.2) is 46.9 Å². The standard InChI is InChI=1S/C34H58N2O2Si/c1-12-13-24-19-25-20-27(37-9)14-15-28(25)29-16-17-34(6)30(31(24)29)21-26(32(34)35-36(7)8)18-23(2)22-38-39(10,11)33(3,4)5/h14-15,20,23-24,26,29-31H,12-13,16-19,21-22H2,1-11H3/t23?,24-,26-,29-,30+,31-,34+/m1/s1. The molecule has 2 fully saturated rings. The van der Waals surface area contributed by atoms with Crippen LogP contribution in [0.15, 0.2) is 23.3 Å². The molecule has 39 heavy (non-hydrogen) atoms. The minimum absolute atomic E-state index is 0.200. The molecule has 3 aliphatic rings. The molecule has 7 atom stereocenters. The average Bonchev–Trinajstić information content (AvgIpc) is 3.12. The van der Waals surface area contributed by atoms with Crippen LogP contribution in [0.5, 0.6) is 5.75 Å². The maximum absolute atomic E-state index is 6.70. The minimum atomic E-state index is -1.74. The van der Waals surface area contributed by atoms with Crippen LogP contribution >= 0.6 is 0 Å². The molecule has 0 N–H and O–H groups in total. The van der Waals surface area contributed by atoms with Gasteiger partial charge in [0, 0.05) is 37.7 Å². The number of rotatable bonds is 9. The Labute approximate surface area is 241 Å². The summed E-state index contributed by atoms with van der Waals surface area (Å²) in [6, 6.07) is 6.94. The number of benzene rings is 1.